The fraction of sp³-hybridized carbons (Fsp3) is 0.500. The van der Waals surface area contributed by atoms with Crippen molar-refractivity contribution in [3.8, 4) is 5.75 Å². The van der Waals surface area contributed by atoms with E-state index in [1.54, 1.807) is 7.11 Å². The van der Waals surface area contributed by atoms with Crippen molar-refractivity contribution in [2.75, 3.05) is 26.8 Å². The van der Waals surface area contributed by atoms with Crippen LogP contribution in [0.2, 0.25) is 5.02 Å². The molecule has 0 aromatic heterocycles. The van der Waals surface area contributed by atoms with Gasteiger partial charge in [-0.15, -0.1) is 0 Å². The van der Waals surface area contributed by atoms with E-state index in [1.807, 2.05) is 4.90 Å². The highest BCUT2D eigenvalue weighted by atomic mass is 35.5. The van der Waals surface area contributed by atoms with Crippen LogP contribution in [-0.4, -0.2) is 49.8 Å². The summed E-state index contributed by atoms with van der Waals surface area (Å²) in [5.74, 6) is -0.367. The lowest BCUT2D eigenvalue weighted by atomic mass is 10.2. The third-order valence-electron chi connectivity index (χ3n) is 3.56. The van der Waals surface area contributed by atoms with Crippen LogP contribution in [0.1, 0.15) is 6.42 Å². The Hall–Kier alpha value is -1.37. The Morgan fingerprint density at radius 2 is 2.33 bits per heavy atom. The minimum absolute atomic E-state index is 0.00286. The fourth-order valence-corrected chi connectivity index (χ4v) is 2.66. The van der Waals surface area contributed by atoms with Gasteiger partial charge in [-0.25, -0.2) is 4.39 Å². The monoisotopic (exact) mass is 316 g/mol. The first-order chi connectivity index (χ1) is 10.0. The van der Waals surface area contributed by atoms with Crippen LogP contribution < -0.4 is 10.5 Å². The van der Waals surface area contributed by atoms with Gasteiger partial charge >= 0.3 is 0 Å². The van der Waals surface area contributed by atoms with E-state index in [9.17, 15) is 9.18 Å². The van der Waals surface area contributed by atoms with Gasteiger partial charge in [0, 0.05) is 20.2 Å². The number of carbonyl (C=O) groups is 1. The molecule has 1 amide bonds. The first kappa shape index (κ1) is 16.0. The quantitative estimate of drug-likeness (QED) is 0.862. The molecule has 1 aromatic carbocycles. The van der Waals surface area contributed by atoms with E-state index in [0.717, 1.165) is 0 Å². The maximum Gasteiger partial charge on any atom is 0.234 e. The molecule has 5 nitrogen and oxygen atoms in total. The van der Waals surface area contributed by atoms with E-state index in [0.29, 0.717) is 31.9 Å². The Morgan fingerprint density at radius 1 is 1.57 bits per heavy atom. The number of hydrogen-bond donors (Lipinski definition) is 1. The second-order valence-corrected chi connectivity index (χ2v) is 5.34. The van der Waals surface area contributed by atoms with Crippen LogP contribution in [0, 0.1) is 5.82 Å². The molecule has 21 heavy (non-hydrogen) atoms. The highest BCUT2D eigenvalue weighted by molar-refractivity contribution is 6.32. The molecule has 0 radical (unpaired) electrons. The molecular formula is C14H18ClFN2O3. The molecule has 2 atom stereocenters. The number of nitrogens with zero attached hydrogens (tertiary/aromatic N) is 1. The zero-order chi connectivity index (χ0) is 15.4. The van der Waals surface area contributed by atoms with E-state index >= 15 is 0 Å². The van der Waals surface area contributed by atoms with Gasteiger partial charge < -0.3 is 15.2 Å². The van der Waals surface area contributed by atoms with Crippen LogP contribution in [0.15, 0.2) is 18.2 Å². The Morgan fingerprint density at radius 3 is 2.95 bits per heavy atom. The number of rotatable bonds is 6. The maximum absolute atomic E-state index is 12.9. The van der Waals surface area contributed by atoms with E-state index in [4.69, 9.17) is 26.8 Å². The molecule has 1 heterocycles. The van der Waals surface area contributed by atoms with E-state index < -0.39 is 5.82 Å². The summed E-state index contributed by atoms with van der Waals surface area (Å²) in [5, 5.41) is 0.220. The molecule has 2 rings (SSSR count). The van der Waals surface area contributed by atoms with Crippen molar-refractivity contribution >= 4 is 17.5 Å². The smallest absolute Gasteiger partial charge is 0.234 e. The Balaban J connectivity index is 1.88. The van der Waals surface area contributed by atoms with Gasteiger partial charge in [0.25, 0.3) is 0 Å². The topological polar surface area (TPSA) is 64.8 Å². The van der Waals surface area contributed by atoms with Gasteiger partial charge in [0.2, 0.25) is 5.91 Å². The lowest BCUT2D eigenvalue weighted by Crippen LogP contribution is -2.42. The van der Waals surface area contributed by atoms with Gasteiger partial charge in [0.15, 0.2) is 0 Å². The molecule has 0 unspecified atom stereocenters. The van der Waals surface area contributed by atoms with Crippen LogP contribution in [0.25, 0.3) is 0 Å². The fourth-order valence-electron chi connectivity index (χ4n) is 2.44. The summed E-state index contributed by atoms with van der Waals surface area (Å²) in [6.45, 7) is 1.47. The number of primary amides is 1. The van der Waals surface area contributed by atoms with Crippen molar-refractivity contribution in [2.24, 2.45) is 5.73 Å². The van der Waals surface area contributed by atoms with Gasteiger partial charge in [0.05, 0.1) is 17.2 Å². The highest BCUT2D eigenvalue weighted by Crippen LogP contribution is 2.25. The van der Waals surface area contributed by atoms with Gasteiger partial charge in [0.1, 0.15) is 18.2 Å². The Bertz CT molecular complexity index is 515. The minimum atomic E-state index is -0.413. The van der Waals surface area contributed by atoms with Gasteiger partial charge in [-0.05, 0) is 24.6 Å². The highest BCUT2D eigenvalue weighted by Gasteiger charge is 2.35. The summed E-state index contributed by atoms with van der Waals surface area (Å²) < 4.78 is 23.7. The summed E-state index contributed by atoms with van der Waals surface area (Å²) in [7, 11) is 1.61. The average Bonchev–Trinajstić information content (AvgIpc) is 2.85. The molecule has 7 heteroatoms. The van der Waals surface area contributed by atoms with Crippen molar-refractivity contribution in [3.63, 3.8) is 0 Å². The molecule has 1 aromatic rings. The first-order valence-electron chi connectivity index (χ1n) is 6.65. The number of carbonyl (C=O) groups excluding carboxylic acids is 1. The van der Waals surface area contributed by atoms with Crippen molar-refractivity contribution in [3.05, 3.63) is 29.0 Å². The number of hydrogen-bond acceptors (Lipinski definition) is 4. The zero-order valence-corrected chi connectivity index (χ0v) is 12.5. The summed E-state index contributed by atoms with van der Waals surface area (Å²) >= 11 is 5.88. The second kappa shape index (κ2) is 7.06. The lowest BCUT2D eigenvalue weighted by Gasteiger charge is -2.21. The largest absolute Gasteiger partial charge is 0.491 e. The predicted octanol–water partition coefficient (Wildman–Crippen LogP) is 1.43. The number of halogens is 2. The standard InChI is InChI=1S/C14H18ClFN2O3/c1-20-10-7-12(14(17)19)18(8-10)4-5-21-13-3-2-9(16)6-11(13)15/h2-3,6,10,12H,4-5,7-8H2,1H3,(H2,17,19)/t10-,12-/m0/s1. The van der Waals surface area contributed by atoms with Crippen LogP contribution in [0.4, 0.5) is 4.39 Å². The Labute approximate surface area is 127 Å². The number of amides is 1. The van der Waals surface area contributed by atoms with Crippen molar-refractivity contribution in [1.82, 2.24) is 4.90 Å². The van der Waals surface area contributed by atoms with Crippen LogP contribution in [0.3, 0.4) is 0 Å². The first-order valence-corrected chi connectivity index (χ1v) is 7.03. The van der Waals surface area contributed by atoms with Crippen LogP contribution in [0.5, 0.6) is 5.75 Å². The Kier molecular flexibility index (Phi) is 5.39. The number of likely N-dealkylation sites (tertiary alicyclic amines) is 1. The van der Waals surface area contributed by atoms with Gasteiger partial charge in [-0.1, -0.05) is 11.6 Å². The van der Waals surface area contributed by atoms with Gasteiger partial charge in [-0.2, -0.15) is 0 Å². The van der Waals surface area contributed by atoms with E-state index in [1.165, 1.54) is 18.2 Å². The van der Waals surface area contributed by atoms with Crippen molar-refractivity contribution < 1.29 is 18.7 Å². The normalized spacial score (nSPS) is 22.4. The van der Waals surface area contributed by atoms with Crippen LogP contribution >= 0.6 is 11.6 Å². The summed E-state index contributed by atoms with van der Waals surface area (Å²) in [5.41, 5.74) is 5.39. The zero-order valence-electron chi connectivity index (χ0n) is 11.7. The predicted molar refractivity (Wildman–Crippen MR) is 76.9 cm³/mol. The van der Waals surface area contributed by atoms with Gasteiger partial charge in [-0.3, -0.25) is 9.69 Å². The molecule has 1 saturated heterocycles. The second-order valence-electron chi connectivity index (χ2n) is 4.93. The SMILES string of the molecule is CO[C@H]1C[C@@H](C(N)=O)N(CCOc2ccc(F)cc2Cl)C1. The number of ether oxygens (including phenoxy) is 2. The third-order valence-corrected chi connectivity index (χ3v) is 3.85. The average molecular weight is 317 g/mol. The number of nitrogens with two attached hydrogens (primary N) is 1. The molecule has 0 bridgehead atoms. The molecule has 0 spiro atoms. The molecule has 2 N–H and O–H groups in total. The molecule has 1 aliphatic rings. The van der Waals surface area contributed by atoms with Crippen molar-refractivity contribution in [1.29, 1.82) is 0 Å². The minimum Gasteiger partial charge on any atom is -0.491 e. The van der Waals surface area contributed by atoms with E-state index in [2.05, 4.69) is 0 Å². The van der Waals surface area contributed by atoms with Crippen molar-refractivity contribution in [2.45, 2.75) is 18.6 Å². The number of benzene rings is 1. The third kappa shape index (κ3) is 4.06. The lowest BCUT2D eigenvalue weighted by molar-refractivity contribution is -0.122. The molecule has 0 aliphatic carbocycles. The molecular weight excluding hydrogens is 299 g/mol. The molecule has 1 aliphatic heterocycles. The maximum atomic E-state index is 12.9. The van der Waals surface area contributed by atoms with Crippen LogP contribution in [-0.2, 0) is 9.53 Å². The molecule has 0 saturated carbocycles. The number of methoxy groups -OCH3 is 1. The summed E-state index contributed by atoms with van der Waals surface area (Å²) in [6, 6.07) is 3.61. The molecule has 116 valence electrons. The summed E-state index contributed by atoms with van der Waals surface area (Å²) in [4.78, 5) is 13.3. The summed E-state index contributed by atoms with van der Waals surface area (Å²) in [6.07, 6.45) is 0.584. The molecule has 1 fully saturated rings. The van der Waals surface area contributed by atoms with E-state index in [-0.39, 0.29) is 23.1 Å².